The highest BCUT2D eigenvalue weighted by molar-refractivity contribution is 8.00. The van der Waals surface area contributed by atoms with Crippen LogP contribution in [0.5, 0.6) is 17.2 Å². The van der Waals surface area contributed by atoms with Gasteiger partial charge in [-0.05, 0) is 56.1 Å². The van der Waals surface area contributed by atoms with E-state index >= 15 is 0 Å². The van der Waals surface area contributed by atoms with Crippen molar-refractivity contribution in [1.29, 1.82) is 0 Å². The molecule has 2 amide bonds. The fourth-order valence-corrected chi connectivity index (χ4v) is 6.32. The van der Waals surface area contributed by atoms with E-state index in [1.807, 2.05) is 91.8 Å². The second-order valence-corrected chi connectivity index (χ2v) is 11.6. The van der Waals surface area contributed by atoms with Crippen LogP contribution in [0.4, 0.5) is 5.82 Å². The van der Waals surface area contributed by atoms with Gasteiger partial charge in [-0.1, -0.05) is 36.4 Å². The van der Waals surface area contributed by atoms with Crippen LogP contribution >= 0.6 is 11.8 Å². The van der Waals surface area contributed by atoms with E-state index in [0.29, 0.717) is 36.2 Å². The molecule has 0 aliphatic carbocycles. The Morgan fingerprint density at radius 1 is 0.977 bits per heavy atom. The number of methoxy groups -OCH3 is 3. The van der Waals surface area contributed by atoms with Crippen molar-refractivity contribution in [1.82, 2.24) is 20.0 Å². The maximum atomic E-state index is 13.9. The van der Waals surface area contributed by atoms with Crippen molar-refractivity contribution < 1.29 is 23.8 Å². The highest BCUT2D eigenvalue weighted by Gasteiger charge is 2.38. The molecule has 5 rings (SSSR count). The Morgan fingerprint density at radius 2 is 1.70 bits per heavy atom. The van der Waals surface area contributed by atoms with Gasteiger partial charge in [-0.2, -0.15) is 5.10 Å². The number of fused-ring (bicyclic) bond motifs is 1. The zero-order valence-corrected chi connectivity index (χ0v) is 26.4. The Balaban J connectivity index is 1.73. The van der Waals surface area contributed by atoms with Crippen LogP contribution in [-0.2, 0) is 9.59 Å². The highest BCUT2D eigenvalue weighted by atomic mass is 32.2. The summed E-state index contributed by atoms with van der Waals surface area (Å²) in [7, 11) is 8.71. The smallest absolute Gasteiger partial charge is 0.240 e. The summed E-state index contributed by atoms with van der Waals surface area (Å²) in [6, 6.07) is 23.2. The molecule has 4 aromatic rings. The SMILES string of the molecule is COc1ccc(-n2nc(-c3ccccc3)c3c2N(CC(=O)NCCN(C)C)C(=O)CS[C@@H]3c2ccc(OC)c(OC)c2)cc1. The van der Waals surface area contributed by atoms with E-state index in [2.05, 4.69) is 5.32 Å². The fraction of sp³-hybridized carbons (Fsp3) is 0.303. The summed E-state index contributed by atoms with van der Waals surface area (Å²) in [5, 5.41) is 7.78. The molecule has 0 radical (unpaired) electrons. The lowest BCUT2D eigenvalue weighted by molar-refractivity contribution is -0.122. The van der Waals surface area contributed by atoms with Gasteiger partial charge in [0, 0.05) is 24.2 Å². The quantitative estimate of drug-likeness (QED) is 0.265. The molecule has 2 heterocycles. The number of nitrogens with zero attached hydrogens (tertiary/aromatic N) is 4. The van der Waals surface area contributed by atoms with Crippen LogP contribution < -0.4 is 24.4 Å². The van der Waals surface area contributed by atoms with E-state index in [1.165, 1.54) is 11.8 Å². The number of amides is 2. The molecule has 44 heavy (non-hydrogen) atoms. The van der Waals surface area contributed by atoms with E-state index in [-0.39, 0.29) is 29.4 Å². The van der Waals surface area contributed by atoms with Gasteiger partial charge >= 0.3 is 0 Å². The van der Waals surface area contributed by atoms with Gasteiger partial charge in [0.2, 0.25) is 11.8 Å². The summed E-state index contributed by atoms with van der Waals surface area (Å²) in [6.45, 7) is 1.01. The minimum Gasteiger partial charge on any atom is -0.497 e. The Bertz CT molecular complexity index is 1610. The minimum absolute atomic E-state index is 0.144. The van der Waals surface area contributed by atoms with Crippen molar-refractivity contribution in [2.24, 2.45) is 0 Å². The van der Waals surface area contributed by atoms with Crippen molar-refractivity contribution in [3.8, 4) is 34.2 Å². The Hall–Kier alpha value is -4.48. The van der Waals surface area contributed by atoms with E-state index in [0.717, 1.165) is 28.1 Å². The number of likely N-dealkylation sites (N-methyl/N-ethyl adjacent to an activating group) is 1. The average molecular weight is 616 g/mol. The normalized spacial score (nSPS) is 14.6. The molecule has 0 saturated carbocycles. The number of ether oxygens (including phenoxy) is 3. The van der Waals surface area contributed by atoms with Crippen LogP contribution in [0, 0.1) is 0 Å². The van der Waals surface area contributed by atoms with Crippen LogP contribution in [0.2, 0.25) is 0 Å². The summed E-state index contributed by atoms with van der Waals surface area (Å²) in [5.74, 6) is 2.17. The lowest BCUT2D eigenvalue weighted by atomic mass is 9.99. The first-order chi connectivity index (χ1) is 21.3. The minimum atomic E-state index is -0.308. The van der Waals surface area contributed by atoms with Crippen molar-refractivity contribution in [2.45, 2.75) is 5.25 Å². The molecule has 11 heteroatoms. The molecule has 0 bridgehead atoms. The number of anilines is 1. The van der Waals surface area contributed by atoms with Gasteiger partial charge in [0.1, 0.15) is 18.1 Å². The summed E-state index contributed by atoms with van der Waals surface area (Å²) in [5.41, 5.74) is 4.10. The lowest BCUT2D eigenvalue weighted by Gasteiger charge is -2.23. The molecule has 1 atom stereocenters. The van der Waals surface area contributed by atoms with E-state index in [1.54, 1.807) is 30.9 Å². The molecule has 3 aromatic carbocycles. The monoisotopic (exact) mass is 615 g/mol. The Morgan fingerprint density at radius 3 is 2.36 bits per heavy atom. The van der Waals surface area contributed by atoms with E-state index in [4.69, 9.17) is 19.3 Å². The Kier molecular flexibility index (Phi) is 9.76. The molecule has 1 aliphatic rings. The van der Waals surface area contributed by atoms with Crippen LogP contribution in [-0.4, -0.2) is 87.3 Å². The number of carbonyl (C=O) groups is 2. The summed E-state index contributed by atoms with van der Waals surface area (Å²) in [6.07, 6.45) is 0. The zero-order valence-electron chi connectivity index (χ0n) is 25.6. The summed E-state index contributed by atoms with van der Waals surface area (Å²) in [4.78, 5) is 30.8. The molecule has 0 spiro atoms. The first kappa shape index (κ1) is 31.0. The van der Waals surface area contributed by atoms with Crippen molar-refractivity contribution in [3.63, 3.8) is 0 Å². The lowest BCUT2D eigenvalue weighted by Crippen LogP contribution is -2.43. The van der Waals surface area contributed by atoms with Gasteiger partial charge < -0.3 is 24.4 Å². The van der Waals surface area contributed by atoms with Crippen molar-refractivity contribution in [2.75, 3.05) is 65.7 Å². The first-order valence-corrected chi connectivity index (χ1v) is 15.3. The third kappa shape index (κ3) is 6.53. The summed E-state index contributed by atoms with van der Waals surface area (Å²) >= 11 is 1.50. The van der Waals surface area contributed by atoms with Gasteiger partial charge in [0.25, 0.3) is 0 Å². The number of aromatic nitrogens is 2. The molecule has 0 fully saturated rings. The molecule has 1 aromatic heterocycles. The number of benzene rings is 3. The maximum Gasteiger partial charge on any atom is 0.240 e. The van der Waals surface area contributed by atoms with Crippen LogP contribution in [0.15, 0.2) is 72.8 Å². The molecule has 1 aliphatic heterocycles. The number of hydrogen-bond donors (Lipinski definition) is 1. The van der Waals surface area contributed by atoms with Crippen LogP contribution in [0.3, 0.4) is 0 Å². The number of carbonyl (C=O) groups excluding carboxylic acids is 2. The molecule has 0 saturated heterocycles. The number of nitrogens with one attached hydrogen (secondary N) is 1. The second-order valence-electron chi connectivity index (χ2n) is 10.5. The maximum absolute atomic E-state index is 13.9. The number of thioether (sulfide) groups is 1. The largest absolute Gasteiger partial charge is 0.497 e. The van der Waals surface area contributed by atoms with E-state index < -0.39 is 0 Å². The molecule has 10 nitrogen and oxygen atoms in total. The van der Waals surface area contributed by atoms with Crippen molar-refractivity contribution in [3.05, 3.63) is 83.9 Å². The topological polar surface area (TPSA) is 98.2 Å². The zero-order chi connectivity index (χ0) is 31.2. The first-order valence-electron chi connectivity index (χ1n) is 14.2. The molecule has 1 N–H and O–H groups in total. The predicted octanol–water partition coefficient (Wildman–Crippen LogP) is 4.41. The fourth-order valence-electron chi connectivity index (χ4n) is 5.13. The molecule has 0 unspecified atom stereocenters. The summed E-state index contributed by atoms with van der Waals surface area (Å²) < 4.78 is 18.3. The van der Waals surface area contributed by atoms with Crippen molar-refractivity contribution >= 4 is 29.4 Å². The van der Waals surface area contributed by atoms with Gasteiger partial charge in [0.15, 0.2) is 11.5 Å². The third-order valence-corrected chi connectivity index (χ3v) is 8.60. The molecular weight excluding hydrogens is 578 g/mol. The van der Waals surface area contributed by atoms with Crippen LogP contribution in [0.1, 0.15) is 16.4 Å². The molecular formula is C33H37N5O5S. The van der Waals surface area contributed by atoms with Gasteiger partial charge in [-0.15, -0.1) is 11.8 Å². The van der Waals surface area contributed by atoms with Gasteiger partial charge in [-0.3, -0.25) is 14.5 Å². The molecule has 230 valence electrons. The predicted molar refractivity (Wildman–Crippen MR) is 173 cm³/mol. The van der Waals surface area contributed by atoms with Crippen LogP contribution in [0.25, 0.3) is 16.9 Å². The second kappa shape index (κ2) is 13.9. The Labute approximate surface area is 261 Å². The average Bonchev–Trinajstić information content (AvgIpc) is 3.37. The van der Waals surface area contributed by atoms with E-state index in [9.17, 15) is 9.59 Å². The van der Waals surface area contributed by atoms with Gasteiger partial charge in [0.05, 0.1) is 43.7 Å². The van der Waals surface area contributed by atoms with Gasteiger partial charge in [-0.25, -0.2) is 4.68 Å². The standard InChI is InChI=1S/C33H37N5O5S/c1-36(2)18-17-34-28(39)20-37-29(40)21-44-32(23-11-16-26(42-4)27(19-23)43-5)30-31(22-9-7-6-8-10-22)35-38(33(30)37)24-12-14-25(41-3)15-13-24/h6-16,19,32H,17-18,20-21H2,1-5H3,(H,34,39)/t32-/m1/s1. The number of rotatable bonds is 11. The third-order valence-electron chi connectivity index (χ3n) is 7.35. The number of hydrogen-bond acceptors (Lipinski definition) is 8. The highest BCUT2D eigenvalue weighted by Crippen LogP contribution is 2.49.